The van der Waals surface area contributed by atoms with E-state index in [9.17, 15) is 17.1 Å². The van der Waals surface area contributed by atoms with Gasteiger partial charge in [0.05, 0.1) is 5.75 Å². The molecule has 0 bridgehead atoms. The van der Waals surface area contributed by atoms with E-state index in [0.29, 0.717) is 0 Å². The summed E-state index contributed by atoms with van der Waals surface area (Å²) >= 11 is 0. The van der Waals surface area contributed by atoms with Crippen molar-refractivity contribution in [1.82, 2.24) is 15.0 Å². The molecule has 1 saturated heterocycles. The third-order valence-electron chi connectivity index (χ3n) is 2.36. The van der Waals surface area contributed by atoms with Gasteiger partial charge in [0.1, 0.15) is 12.7 Å². The van der Waals surface area contributed by atoms with Crippen molar-refractivity contribution in [2.45, 2.75) is 6.42 Å². The molecule has 2 heterocycles. The molecule has 0 spiro atoms. The second-order valence-corrected chi connectivity index (χ2v) is 5.13. The molecule has 0 radical (unpaired) electrons. The van der Waals surface area contributed by atoms with Crippen LogP contribution in [0.5, 0.6) is 0 Å². The molecule has 1 unspecified atom stereocenters. The van der Waals surface area contributed by atoms with Crippen LogP contribution in [0.4, 0.5) is 9.83 Å². The van der Waals surface area contributed by atoms with Crippen LogP contribution in [0.25, 0.3) is 0 Å². The molecule has 0 aliphatic carbocycles. The average Bonchev–Trinajstić information content (AvgIpc) is 2.58. The highest BCUT2D eigenvalue weighted by atomic mass is 32.3. The monoisotopic (exact) mass is 260 g/mol. The van der Waals surface area contributed by atoms with Gasteiger partial charge in [-0.05, 0) is 0 Å². The molecule has 1 aromatic heterocycles. The number of hydrogen-bond acceptors (Lipinski definition) is 6. The summed E-state index contributed by atoms with van der Waals surface area (Å²) in [5.74, 6) is -1.37. The highest BCUT2D eigenvalue weighted by Gasteiger charge is 2.34. The van der Waals surface area contributed by atoms with Crippen molar-refractivity contribution in [3.8, 4) is 0 Å². The van der Waals surface area contributed by atoms with Crippen LogP contribution in [0, 0.1) is 5.92 Å². The molecular formula is C8H9FN4O3S. The minimum Gasteiger partial charge on any atom is -0.280 e. The molecular weight excluding hydrogens is 251 g/mol. The zero-order valence-electron chi connectivity index (χ0n) is 8.65. The third kappa shape index (κ3) is 2.93. The van der Waals surface area contributed by atoms with E-state index < -0.39 is 21.9 Å². The second kappa shape index (κ2) is 4.32. The highest BCUT2D eigenvalue weighted by molar-refractivity contribution is 7.86. The van der Waals surface area contributed by atoms with Gasteiger partial charge in [-0.1, -0.05) is 0 Å². The summed E-state index contributed by atoms with van der Waals surface area (Å²) in [7, 11) is -4.57. The Labute approximate surface area is 96.9 Å². The lowest BCUT2D eigenvalue weighted by Crippen LogP contribution is -2.27. The van der Waals surface area contributed by atoms with E-state index in [-0.39, 0.29) is 24.8 Å². The summed E-state index contributed by atoms with van der Waals surface area (Å²) in [6, 6.07) is 0. The molecule has 1 aromatic rings. The van der Waals surface area contributed by atoms with E-state index >= 15 is 0 Å². The second-order valence-electron chi connectivity index (χ2n) is 3.72. The Kier molecular flexibility index (Phi) is 3.01. The van der Waals surface area contributed by atoms with Crippen molar-refractivity contribution in [1.29, 1.82) is 0 Å². The Bertz CT molecular complexity index is 521. The molecule has 2 rings (SSSR count). The first-order chi connectivity index (χ1) is 7.96. The Morgan fingerprint density at radius 1 is 1.41 bits per heavy atom. The molecule has 17 heavy (non-hydrogen) atoms. The zero-order valence-corrected chi connectivity index (χ0v) is 9.47. The fraction of sp³-hybridized carbons (Fsp3) is 0.500. The number of amides is 1. The van der Waals surface area contributed by atoms with Gasteiger partial charge in [-0.15, -0.1) is 3.89 Å². The zero-order chi connectivity index (χ0) is 12.5. The van der Waals surface area contributed by atoms with Crippen LogP contribution >= 0.6 is 0 Å². The third-order valence-corrected chi connectivity index (χ3v) is 3.23. The van der Waals surface area contributed by atoms with E-state index in [0.717, 1.165) is 0 Å². The number of carbonyl (C=O) groups excluding carboxylic acids is 1. The van der Waals surface area contributed by atoms with Gasteiger partial charge in [0.2, 0.25) is 11.9 Å². The topological polar surface area (TPSA) is 93.1 Å². The van der Waals surface area contributed by atoms with Gasteiger partial charge in [-0.2, -0.15) is 8.42 Å². The van der Waals surface area contributed by atoms with E-state index in [1.165, 1.54) is 17.6 Å². The first kappa shape index (κ1) is 11.8. The first-order valence-electron chi connectivity index (χ1n) is 4.80. The molecule has 0 aromatic carbocycles. The van der Waals surface area contributed by atoms with E-state index in [1.54, 1.807) is 0 Å². The van der Waals surface area contributed by atoms with Gasteiger partial charge in [-0.25, -0.2) is 15.0 Å². The van der Waals surface area contributed by atoms with Crippen molar-refractivity contribution in [2.75, 3.05) is 17.2 Å². The van der Waals surface area contributed by atoms with Crippen LogP contribution in [0.15, 0.2) is 12.7 Å². The molecule has 92 valence electrons. The van der Waals surface area contributed by atoms with Crippen molar-refractivity contribution >= 4 is 22.1 Å². The molecule has 1 amide bonds. The Balaban J connectivity index is 2.11. The van der Waals surface area contributed by atoms with E-state index in [2.05, 4.69) is 15.0 Å². The van der Waals surface area contributed by atoms with Crippen molar-refractivity contribution in [3.05, 3.63) is 12.7 Å². The first-order valence-corrected chi connectivity index (χ1v) is 6.35. The number of aromatic nitrogens is 3. The summed E-state index contributed by atoms with van der Waals surface area (Å²) in [4.78, 5) is 24.0. The van der Waals surface area contributed by atoms with E-state index in [1.807, 2.05) is 0 Å². The van der Waals surface area contributed by atoms with Gasteiger partial charge in [0.15, 0.2) is 0 Å². The minimum absolute atomic E-state index is 0.0190. The largest absolute Gasteiger partial charge is 0.302 e. The quantitative estimate of drug-likeness (QED) is 0.682. The SMILES string of the molecule is O=C1CC(CS(=O)(=O)F)CN1c1ncncn1. The van der Waals surface area contributed by atoms with E-state index in [4.69, 9.17) is 0 Å². The van der Waals surface area contributed by atoms with Crippen molar-refractivity contribution in [3.63, 3.8) is 0 Å². The van der Waals surface area contributed by atoms with Crippen molar-refractivity contribution in [2.24, 2.45) is 5.92 Å². The maximum absolute atomic E-state index is 12.5. The number of nitrogens with zero attached hydrogens (tertiary/aromatic N) is 4. The molecule has 0 N–H and O–H groups in total. The molecule has 1 aliphatic rings. The Morgan fingerprint density at radius 3 is 2.65 bits per heavy atom. The molecule has 0 saturated carbocycles. The molecule has 1 aliphatic heterocycles. The van der Waals surface area contributed by atoms with Gasteiger partial charge in [-0.3, -0.25) is 9.69 Å². The lowest BCUT2D eigenvalue weighted by Gasteiger charge is -2.12. The maximum atomic E-state index is 12.5. The number of hydrogen-bond donors (Lipinski definition) is 0. The highest BCUT2D eigenvalue weighted by Crippen LogP contribution is 2.22. The smallest absolute Gasteiger partial charge is 0.280 e. The van der Waals surface area contributed by atoms with Gasteiger partial charge in [0.25, 0.3) is 0 Å². The lowest BCUT2D eigenvalue weighted by molar-refractivity contribution is -0.117. The fourth-order valence-electron chi connectivity index (χ4n) is 1.74. The van der Waals surface area contributed by atoms with Crippen LogP contribution < -0.4 is 4.90 Å². The Hall–Kier alpha value is -1.64. The van der Waals surface area contributed by atoms with Crippen LogP contribution in [-0.4, -0.2) is 41.6 Å². The molecule has 1 atom stereocenters. The van der Waals surface area contributed by atoms with Crippen LogP contribution in [0.1, 0.15) is 6.42 Å². The predicted molar refractivity (Wildman–Crippen MR) is 55.2 cm³/mol. The lowest BCUT2D eigenvalue weighted by atomic mass is 10.1. The summed E-state index contributed by atoms with van der Waals surface area (Å²) in [6.45, 7) is 0.103. The fourth-order valence-corrected chi connectivity index (χ4v) is 2.53. The van der Waals surface area contributed by atoms with Crippen LogP contribution in [-0.2, 0) is 15.0 Å². The van der Waals surface area contributed by atoms with Gasteiger partial charge >= 0.3 is 10.2 Å². The summed E-state index contributed by atoms with van der Waals surface area (Å²) in [5, 5.41) is 0. The average molecular weight is 260 g/mol. The normalized spacial score (nSPS) is 20.9. The molecule has 7 nitrogen and oxygen atoms in total. The van der Waals surface area contributed by atoms with Crippen LogP contribution in [0.2, 0.25) is 0 Å². The molecule has 9 heteroatoms. The maximum Gasteiger partial charge on any atom is 0.302 e. The van der Waals surface area contributed by atoms with Gasteiger partial charge in [0, 0.05) is 18.9 Å². The van der Waals surface area contributed by atoms with Gasteiger partial charge < -0.3 is 0 Å². The standard InChI is InChI=1S/C8H9FN4O3S/c9-17(15,16)3-6-1-7(14)13(2-6)8-11-4-10-5-12-8/h4-6H,1-3H2. The van der Waals surface area contributed by atoms with Crippen LogP contribution in [0.3, 0.4) is 0 Å². The molecule has 1 fully saturated rings. The number of halogens is 1. The number of rotatable bonds is 3. The number of anilines is 1. The summed E-state index contributed by atoms with van der Waals surface area (Å²) in [6.07, 6.45) is 2.44. The Morgan fingerprint density at radius 2 is 2.06 bits per heavy atom. The minimum atomic E-state index is -4.57. The number of carbonyl (C=O) groups is 1. The summed E-state index contributed by atoms with van der Waals surface area (Å²) < 4.78 is 33.5. The summed E-state index contributed by atoms with van der Waals surface area (Å²) in [5.41, 5.74) is 0. The predicted octanol–water partition coefficient (Wildman–Crippen LogP) is -0.476. The van der Waals surface area contributed by atoms with Crippen molar-refractivity contribution < 1.29 is 17.1 Å².